The molecular formula is C20H16FN3O2. The number of ether oxygens (including phenoxy) is 1. The maximum atomic E-state index is 12.9. The Morgan fingerprint density at radius 2 is 1.77 bits per heavy atom. The molecule has 0 atom stereocenters. The predicted molar refractivity (Wildman–Crippen MR) is 96.3 cm³/mol. The molecule has 5 nitrogen and oxygen atoms in total. The van der Waals surface area contributed by atoms with Crippen molar-refractivity contribution in [3.05, 3.63) is 94.5 Å². The van der Waals surface area contributed by atoms with Crippen LogP contribution in [0.2, 0.25) is 0 Å². The van der Waals surface area contributed by atoms with E-state index in [-0.39, 0.29) is 18.1 Å². The van der Waals surface area contributed by atoms with Gasteiger partial charge in [-0.15, -0.1) is 0 Å². The molecule has 2 aromatic heterocycles. The minimum absolute atomic E-state index is 0.192. The zero-order valence-corrected chi connectivity index (χ0v) is 14.1. The molecule has 2 heterocycles. The second-order valence-electron chi connectivity index (χ2n) is 6.01. The lowest BCUT2D eigenvalue weighted by atomic mass is 10.2. The van der Waals surface area contributed by atoms with E-state index < -0.39 is 0 Å². The van der Waals surface area contributed by atoms with Crippen LogP contribution in [-0.4, -0.2) is 14.0 Å². The first kappa shape index (κ1) is 16.1. The van der Waals surface area contributed by atoms with E-state index in [2.05, 4.69) is 4.98 Å². The number of rotatable bonds is 4. The van der Waals surface area contributed by atoms with Crippen LogP contribution in [0.5, 0.6) is 5.75 Å². The molecule has 0 N–H and O–H groups in total. The molecule has 0 saturated heterocycles. The van der Waals surface area contributed by atoms with Crippen molar-refractivity contribution < 1.29 is 9.13 Å². The first-order valence-corrected chi connectivity index (χ1v) is 8.15. The van der Waals surface area contributed by atoms with E-state index in [0.717, 1.165) is 11.3 Å². The van der Waals surface area contributed by atoms with Crippen molar-refractivity contribution >= 4 is 5.65 Å². The van der Waals surface area contributed by atoms with Crippen LogP contribution >= 0.6 is 0 Å². The number of hydrogen-bond acceptors (Lipinski definition) is 3. The largest absolute Gasteiger partial charge is 0.487 e. The number of nitrogens with zero attached hydrogens (tertiary/aromatic N) is 3. The number of imidazole rings is 1. The SMILES string of the molecule is Cc1ccc(-n2ccc3nc(COc4ccc(F)cc4)cn3c2=O)cc1. The van der Waals surface area contributed by atoms with E-state index in [9.17, 15) is 9.18 Å². The van der Waals surface area contributed by atoms with Gasteiger partial charge in [-0.2, -0.15) is 0 Å². The van der Waals surface area contributed by atoms with Gasteiger partial charge in [0.25, 0.3) is 0 Å². The molecule has 130 valence electrons. The van der Waals surface area contributed by atoms with Crippen molar-refractivity contribution in [2.45, 2.75) is 13.5 Å². The Labute approximate surface area is 148 Å². The molecule has 0 unspecified atom stereocenters. The second-order valence-corrected chi connectivity index (χ2v) is 6.01. The molecule has 2 aromatic carbocycles. The Morgan fingerprint density at radius 1 is 1.04 bits per heavy atom. The van der Waals surface area contributed by atoms with Gasteiger partial charge in [-0.3, -0.25) is 8.97 Å². The average molecular weight is 349 g/mol. The van der Waals surface area contributed by atoms with Gasteiger partial charge in [0.15, 0.2) is 0 Å². The molecule has 4 aromatic rings. The Kier molecular flexibility index (Phi) is 4.01. The molecule has 0 aliphatic carbocycles. The Morgan fingerprint density at radius 3 is 2.50 bits per heavy atom. The van der Waals surface area contributed by atoms with Crippen LogP contribution in [0.15, 0.2) is 71.8 Å². The van der Waals surface area contributed by atoms with Crippen LogP contribution in [0.3, 0.4) is 0 Å². The molecule has 0 aliphatic heterocycles. The quantitative estimate of drug-likeness (QED) is 0.566. The molecule has 4 rings (SSSR count). The van der Waals surface area contributed by atoms with Crippen LogP contribution < -0.4 is 10.4 Å². The number of aromatic nitrogens is 3. The van der Waals surface area contributed by atoms with Gasteiger partial charge in [-0.25, -0.2) is 14.2 Å². The molecule has 0 bridgehead atoms. The minimum atomic E-state index is -0.318. The lowest BCUT2D eigenvalue weighted by molar-refractivity contribution is 0.301. The maximum absolute atomic E-state index is 12.9. The van der Waals surface area contributed by atoms with Crippen LogP contribution in [0, 0.1) is 12.7 Å². The van der Waals surface area contributed by atoms with Crippen LogP contribution in [0.4, 0.5) is 4.39 Å². The fraction of sp³-hybridized carbons (Fsp3) is 0.100. The van der Waals surface area contributed by atoms with Crippen LogP contribution in [-0.2, 0) is 6.61 Å². The summed E-state index contributed by atoms with van der Waals surface area (Å²) in [5, 5.41) is 0. The van der Waals surface area contributed by atoms with E-state index in [1.165, 1.54) is 16.5 Å². The van der Waals surface area contributed by atoms with Crippen LogP contribution in [0.25, 0.3) is 11.3 Å². The van der Waals surface area contributed by atoms with Gasteiger partial charge in [0.05, 0.1) is 11.4 Å². The minimum Gasteiger partial charge on any atom is -0.487 e. The molecule has 0 saturated carbocycles. The van der Waals surface area contributed by atoms with E-state index in [1.807, 2.05) is 31.2 Å². The van der Waals surface area contributed by atoms with Crippen molar-refractivity contribution in [3.63, 3.8) is 0 Å². The van der Waals surface area contributed by atoms with Gasteiger partial charge >= 0.3 is 5.69 Å². The third-order valence-corrected chi connectivity index (χ3v) is 4.08. The molecule has 0 spiro atoms. The standard InChI is InChI=1S/C20H16FN3O2/c1-14-2-6-17(7-3-14)23-11-10-19-22-16(12-24(19)20(23)25)13-26-18-8-4-15(21)5-9-18/h2-12H,13H2,1H3. The zero-order chi connectivity index (χ0) is 18.1. The van der Waals surface area contributed by atoms with E-state index in [1.54, 1.807) is 35.2 Å². The molecule has 26 heavy (non-hydrogen) atoms. The highest BCUT2D eigenvalue weighted by Crippen LogP contribution is 2.14. The first-order chi connectivity index (χ1) is 12.6. The van der Waals surface area contributed by atoms with Crippen LogP contribution in [0.1, 0.15) is 11.3 Å². The Hall–Kier alpha value is -3.41. The van der Waals surface area contributed by atoms with Gasteiger partial charge in [0.1, 0.15) is 23.8 Å². The Balaban J connectivity index is 1.62. The van der Waals surface area contributed by atoms with Crippen molar-refractivity contribution in [1.29, 1.82) is 0 Å². The van der Waals surface area contributed by atoms with Crippen molar-refractivity contribution in [2.75, 3.05) is 0 Å². The number of benzene rings is 2. The molecule has 0 fully saturated rings. The van der Waals surface area contributed by atoms with Crippen molar-refractivity contribution in [3.8, 4) is 11.4 Å². The summed E-state index contributed by atoms with van der Waals surface area (Å²) in [4.78, 5) is 17.1. The molecular weight excluding hydrogens is 333 g/mol. The predicted octanol–water partition coefficient (Wildman–Crippen LogP) is 3.51. The molecule has 0 aliphatic rings. The summed E-state index contributed by atoms with van der Waals surface area (Å²) in [7, 11) is 0. The fourth-order valence-corrected chi connectivity index (χ4v) is 2.70. The second kappa shape index (κ2) is 6.48. The summed E-state index contributed by atoms with van der Waals surface area (Å²) < 4.78 is 21.6. The lowest BCUT2D eigenvalue weighted by Crippen LogP contribution is -2.24. The highest BCUT2D eigenvalue weighted by molar-refractivity contribution is 5.41. The topological polar surface area (TPSA) is 48.5 Å². The number of hydrogen-bond donors (Lipinski definition) is 0. The third kappa shape index (κ3) is 3.09. The smallest absolute Gasteiger partial charge is 0.338 e. The summed E-state index contributed by atoms with van der Waals surface area (Å²) in [6, 6.07) is 15.3. The average Bonchev–Trinajstić information content (AvgIpc) is 3.07. The van der Waals surface area contributed by atoms with Crippen molar-refractivity contribution in [1.82, 2.24) is 14.0 Å². The summed E-state index contributed by atoms with van der Waals surface area (Å²) in [5.41, 5.74) is 2.89. The summed E-state index contributed by atoms with van der Waals surface area (Å²) in [6.07, 6.45) is 3.37. The van der Waals surface area contributed by atoms with E-state index >= 15 is 0 Å². The fourth-order valence-electron chi connectivity index (χ4n) is 2.70. The highest BCUT2D eigenvalue weighted by atomic mass is 19.1. The highest BCUT2D eigenvalue weighted by Gasteiger charge is 2.08. The normalized spacial score (nSPS) is 11.0. The zero-order valence-electron chi connectivity index (χ0n) is 14.1. The Bertz CT molecular complexity index is 1110. The lowest BCUT2D eigenvalue weighted by Gasteiger charge is -2.06. The van der Waals surface area contributed by atoms with Crippen molar-refractivity contribution in [2.24, 2.45) is 0 Å². The monoisotopic (exact) mass is 349 g/mol. The van der Waals surface area contributed by atoms with Gasteiger partial charge < -0.3 is 4.74 Å². The molecule has 0 radical (unpaired) electrons. The van der Waals surface area contributed by atoms with E-state index in [0.29, 0.717) is 17.1 Å². The first-order valence-electron chi connectivity index (χ1n) is 8.15. The number of aryl methyl sites for hydroxylation is 1. The number of halogens is 1. The van der Waals surface area contributed by atoms with Gasteiger partial charge in [0.2, 0.25) is 0 Å². The molecule has 6 heteroatoms. The van der Waals surface area contributed by atoms with E-state index in [4.69, 9.17) is 4.74 Å². The maximum Gasteiger partial charge on any atom is 0.338 e. The summed E-state index contributed by atoms with van der Waals surface area (Å²) in [5.74, 6) is 0.224. The third-order valence-electron chi connectivity index (χ3n) is 4.08. The summed E-state index contributed by atoms with van der Waals surface area (Å²) >= 11 is 0. The van der Waals surface area contributed by atoms with Gasteiger partial charge in [-0.05, 0) is 49.4 Å². The number of fused-ring (bicyclic) bond motifs is 1. The van der Waals surface area contributed by atoms with Gasteiger partial charge in [0, 0.05) is 12.4 Å². The summed E-state index contributed by atoms with van der Waals surface area (Å²) in [6.45, 7) is 2.19. The van der Waals surface area contributed by atoms with Gasteiger partial charge in [-0.1, -0.05) is 17.7 Å². The molecule has 0 amide bonds.